The number of β-amino-alcohol motifs (C(OH)–C–C–N with tert-alkyl or cyclic N) is 1. The number of benzene rings is 1. The zero-order valence-electron chi connectivity index (χ0n) is 16.2. The fourth-order valence-electron chi connectivity index (χ4n) is 4.86. The van der Waals surface area contributed by atoms with Crippen LogP contribution < -0.4 is 0 Å². The lowest BCUT2D eigenvalue weighted by Gasteiger charge is -2.40. The van der Waals surface area contributed by atoms with Crippen LogP contribution >= 0.6 is 0 Å². The van der Waals surface area contributed by atoms with E-state index in [1.807, 2.05) is 0 Å². The molecule has 6 nitrogen and oxygen atoms in total. The van der Waals surface area contributed by atoms with Crippen LogP contribution in [-0.2, 0) is 11.2 Å². The SMILES string of the molecule is CN1CC2(CCN([C@H]3CN(CCCc4ccccc4)C[C@@H]3O)CC2)OC1=O. The molecule has 148 valence electrons. The molecule has 0 bridgehead atoms. The minimum Gasteiger partial charge on any atom is -0.441 e. The molecule has 4 rings (SSSR count). The number of likely N-dealkylation sites (N-methyl/N-ethyl adjacent to an activating group) is 1. The Morgan fingerprint density at radius 1 is 1.19 bits per heavy atom. The molecule has 0 radical (unpaired) electrons. The van der Waals surface area contributed by atoms with E-state index < -0.39 is 0 Å². The number of nitrogens with zero attached hydrogens (tertiary/aromatic N) is 3. The largest absolute Gasteiger partial charge is 0.441 e. The zero-order valence-corrected chi connectivity index (χ0v) is 16.2. The van der Waals surface area contributed by atoms with Crippen molar-refractivity contribution >= 4 is 6.09 Å². The second-order valence-corrected chi connectivity index (χ2v) is 8.43. The summed E-state index contributed by atoms with van der Waals surface area (Å²) in [6, 6.07) is 10.8. The van der Waals surface area contributed by atoms with E-state index >= 15 is 0 Å². The summed E-state index contributed by atoms with van der Waals surface area (Å²) in [4.78, 5) is 18.2. The first kappa shape index (κ1) is 18.7. The Morgan fingerprint density at radius 3 is 2.59 bits per heavy atom. The van der Waals surface area contributed by atoms with Gasteiger partial charge >= 0.3 is 6.09 Å². The number of piperidine rings is 1. The average Bonchev–Trinajstić information content (AvgIpc) is 3.16. The standard InChI is InChI=1S/C21H31N3O3/c1-22-16-21(27-20(22)26)9-12-24(13-10-21)18-14-23(15-19(18)25)11-5-8-17-6-3-2-4-7-17/h2-4,6-7,18-19,25H,5,8-16H2,1H3/t18-,19-/m0/s1. The fourth-order valence-corrected chi connectivity index (χ4v) is 4.86. The molecule has 3 aliphatic heterocycles. The Bertz CT molecular complexity index is 645. The van der Waals surface area contributed by atoms with Crippen LogP contribution in [-0.4, -0.2) is 90.0 Å². The van der Waals surface area contributed by atoms with Crippen LogP contribution in [0.5, 0.6) is 0 Å². The molecular weight excluding hydrogens is 342 g/mol. The molecule has 1 amide bonds. The second-order valence-electron chi connectivity index (χ2n) is 8.43. The van der Waals surface area contributed by atoms with Crippen molar-refractivity contribution < 1.29 is 14.6 Å². The first-order valence-corrected chi connectivity index (χ1v) is 10.2. The van der Waals surface area contributed by atoms with Gasteiger partial charge in [-0.15, -0.1) is 0 Å². The Kier molecular flexibility index (Phi) is 5.39. The number of rotatable bonds is 5. The van der Waals surface area contributed by atoms with Gasteiger partial charge in [0.2, 0.25) is 0 Å². The summed E-state index contributed by atoms with van der Waals surface area (Å²) in [5.74, 6) is 0. The van der Waals surface area contributed by atoms with Crippen molar-refractivity contribution in [2.45, 2.75) is 43.4 Å². The molecule has 0 unspecified atom stereocenters. The second kappa shape index (κ2) is 7.78. The minimum absolute atomic E-state index is 0.200. The molecule has 3 saturated heterocycles. The highest BCUT2D eigenvalue weighted by atomic mass is 16.6. The maximum absolute atomic E-state index is 11.7. The van der Waals surface area contributed by atoms with Crippen LogP contribution in [0.25, 0.3) is 0 Å². The van der Waals surface area contributed by atoms with Gasteiger partial charge in [-0.2, -0.15) is 0 Å². The summed E-state index contributed by atoms with van der Waals surface area (Å²) in [5.41, 5.74) is 1.08. The molecule has 27 heavy (non-hydrogen) atoms. The third-order valence-corrected chi connectivity index (χ3v) is 6.44. The number of carbonyl (C=O) groups excluding carboxylic acids is 1. The van der Waals surface area contributed by atoms with Crippen molar-refractivity contribution in [2.24, 2.45) is 0 Å². The minimum atomic E-state index is -0.304. The summed E-state index contributed by atoms with van der Waals surface area (Å²) in [6.07, 6.45) is 3.44. The van der Waals surface area contributed by atoms with Gasteiger partial charge in [-0.05, 0) is 24.9 Å². The maximum atomic E-state index is 11.7. The van der Waals surface area contributed by atoms with E-state index in [1.165, 1.54) is 5.56 Å². The smallest absolute Gasteiger partial charge is 0.410 e. The van der Waals surface area contributed by atoms with E-state index in [4.69, 9.17) is 4.74 Å². The monoisotopic (exact) mass is 373 g/mol. The van der Waals surface area contributed by atoms with Gasteiger partial charge in [-0.3, -0.25) is 9.80 Å². The summed E-state index contributed by atoms with van der Waals surface area (Å²) in [7, 11) is 1.80. The lowest BCUT2D eigenvalue weighted by atomic mass is 9.90. The van der Waals surface area contributed by atoms with Gasteiger partial charge in [-0.1, -0.05) is 30.3 Å². The summed E-state index contributed by atoms with van der Waals surface area (Å²) < 4.78 is 5.64. The number of amides is 1. The highest BCUT2D eigenvalue weighted by Crippen LogP contribution is 2.34. The van der Waals surface area contributed by atoms with E-state index in [-0.39, 0.29) is 23.8 Å². The number of hydrogen-bond donors (Lipinski definition) is 1. The molecule has 2 atom stereocenters. The van der Waals surface area contributed by atoms with Gasteiger partial charge in [0.25, 0.3) is 0 Å². The van der Waals surface area contributed by atoms with Gasteiger partial charge < -0.3 is 14.7 Å². The molecule has 0 aromatic heterocycles. The van der Waals surface area contributed by atoms with E-state index in [1.54, 1.807) is 11.9 Å². The fraction of sp³-hybridized carbons (Fsp3) is 0.667. The van der Waals surface area contributed by atoms with Gasteiger partial charge in [0.15, 0.2) is 0 Å². The number of aliphatic hydroxyl groups is 1. The van der Waals surface area contributed by atoms with Crippen molar-refractivity contribution in [2.75, 3.05) is 46.3 Å². The highest BCUT2D eigenvalue weighted by molar-refractivity contribution is 5.70. The third-order valence-electron chi connectivity index (χ3n) is 6.44. The lowest BCUT2D eigenvalue weighted by molar-refractivity contribution is -0.0225. The Balaban J connectivity index is 1.24. The van der Waals surface area contributed by atoms with Crippen LogP contribution in [0.2, 0.25) is 0 Å². The highest BCUT2D eigenvalue weighted by Gasteiger charge is 2.47. The molecule has 3 heterocycles. The third kappa shape index (κ3) is 4.13. The summed E-state index contributed by atoms with van der Waals surface area (Å²) in [5, 5.41) is 10.6. The van der Waals surface area contributed by atoms with Crippen molar-refractivity contribution in [1.82, 2.24) is 14.7 Å². The predicted octanol–water partition coefficient (Wildman–Crippen LogP) is 1.58. The summed E-state index contributed by atoms with van der Waals surface area (Å²) in [6.45, 7) is 5.20. The zero-order chi connectivity index (χ0) is 18.9. The van der Waals surface area contributed by atoms with E-state index in [0.717, 1.165) is 58.4 Å². The Labute approximate surface area is 161 Å². The molecule has 1 spiro atoms. The molecule has 3 fully saturated rings. The van der Waals surface area contributed by atoms with Crippen LogP contribution in [0.3, 0.4) is 0 Å². The molecule has 1 N–H and O–H groups in total. The van der Waals surface area contributed by atoms with Crippen LogP contribution in [0, 0.1) is 0 Å². The van der Waals surface area contributed by atoms with Crippen molar-refractivity contribution in [3.8, 4) is 0 Å². The Morgan fingerprint density at radius 2 is 1.93 bits per heavy atom. The number of carbonyl (C=O) groups is 1. The average molecular weight is 373 g/mol. The number of likely N-dealkylation sites (tertiary alicyclic amines) is 2. The van der Waals surface area contributed by atoms with E-state index in [0.29, 0.717) is 6.54 Å². The number of hydrogen-bond acceptors (Lipinski definition) is 5. The molecular formula is C21H31N3O3. The van der Waals surface area contributed by atoms with Crippen molar-refractivity contribution in [3.05, 3.63) is 35.9 Å². The quantitative estimate of drug-likeness (QED) is 0.849. The van der Waals surface area contributed by atoms with Gasteiger partial charge in [-0.25, -0.2) is 4.79 Å². The number of aliphatic hydroxyl groups excluding tert-OH is 1. The molecule has 1 aromatic rings. The molecule has 6 heteroatoms. The van der Waals surface area contributed by atoms with Crippen molar-refractivity contribution in [1.29, 1.82) is 0 Å². The van der Waals surface area contributed by atoms with Gasteiger partial charge in [0, 0.05) is 52.1 Å². The molecule has 1 aromatic carbocycles. The molecule has 3 aliphatic rings. The normalized spacial score (nSPS) is 28.8. The predicted molar refractivity (Wildman–Crippen MR) is 104 cm³/mol. The molecule has 0 aliphatic carbocycles. The van der Waals surface area contributed by atoms with E-state index in [2.05, 4.69) is 40.1 Å². The first-order valence-electron chi connectivity index (χ1n) is 10.2. The number of aryl methyl sites for hydroxylation is 1. The lowest BCUT2D eigenvalue weighted by Crippen LogP contribution is -2.53. The van der Waals surface area contributed by atoms with Crippen LogP contribution in [0.15, 0.2) is 30.3 Å². The first-order chi connectivity index (χ1) is 13.0. The topological polar surface area (TPSA) is 56.3 Å². The Hall–Kier alpha value is -1.63. The van der Waals surface area contributed by atoms with Gasteiger partial charge in [0.1, 0.15) is 5.60 Å². The summed E-state index contributed by atoms with van der Waals surface area (Å²) >= 11 is 0. The van der Waals surface area contributed by atoms with E-state index in [9.17, 15) is 9.90 Å². The van der Waals surface area contributed by atoms with Crippen LogP contribution in [0.4, 0.5) is 4.79 Å². The van der Waals surface area contributed by atoms with Crippen LogP contribution in [0.1, 0.15) is 24.8 Å². The van der Waals surface area contributed by atoms with Crippen molar-refractivity contribution in [3.63, 3.8) is 0 Å². The number of ether oxygens (including phenoxy) is 1. The maximum Gasteiger partial charge on any atom is 0.410 e. The van der Waals surface area contributed by atoms with Gasteiger partial charge in [0.05, 0.1) is 12.6 Å². The molecule has 0 saturated carbocycles.